The number of hydrogen-bond acceptors (Lipinski definition) is 3. The van der Waals surface area contributed by atoms with E-state index in [1.165, 1.54) is 37.8 Å². The smallest absolute Gasteiger partial charge is 0.342 e. The fraction of sp³-hybridized carbons (Fsp3) is 0.417. The minimum absolute atomic E-state index is 0.181. The number of carbonyl (C=O) groups is 1. The Labute approximate surface area is 185 Å². The number of hydrogen-bond donors (Lipinski definition) is 1. The number of rotatable bonds is 5. The van der Waals surface area contributed by atoms with E-state index in [1.54, 1.807) is 0 Å². The zero-order valence-electron chi connectivity index (χ0n) is 18.1. The molecule has 2 aromatic carbocycles. The Morgan fingerprint density at radius 2 is 1.72 bits per heavy atom. The van der Waals surface area contributed by atoms with Crippen LogP contribution in [0.3, 0.4) is 0 Å². The minimum atomic E-state index is -4.35. The number of carbonyl (C=O) groups excluding carboxylic acids is 1. The van der Waals surface area contributed by atoms with Gasteiger partial charge in [0.2, 0.25) is 11.9 Å². The summed E-state index contributed by atoms with van der Waals surface area (Å²) in [6.45, 7) is 2.01. The van der Waals surface area contributed by atoms with Crippen LogP contribution < -0.4 is 10.2 Å². The van der Waals surface area contributed by atoms with Gasteiger partial charge in [0.25, 0.3) is 0 Å². The zero-order chi connectivity index (χ0) is 22.7. The molecule has 0 radical (unpaired) electrons. The van der Waals surface area contributed by atoms with E-state index in [4.69, 9.17) is 4.98 Å². The fourth-order valence-corrected chi connectivity index (χ4v) is 4.15. The van der Waals surface area contributed by atoms with E-state index in [2.05, 4.69) is 14.8 Å². The number of aryl methyl sites for hydroxylation is 2. The van der Waals surface area contributed by atoms with Crippen molar-refractivity contribution in [2.75, 3.05) is 23.3 Å². The molecule has 32 heavy (non-hydrogen) atoms. The number of amides is 1. The first-order chi connectivity index (χ1) is 15.3. The van der Waals surface area contributed by atoms with Crippen LogP contribution >= 0.6 is 0 Å². The largest absolute Gasteiger partial charge is 0.416 e. The number of imidazole rings is 1. The highest BCUT2D eigenvalue weighted by Crippen LogP contribution is 2.29. The lowest BCUT2D eigenvalue weighted by atomic mass is 10.1. The highest BCUT2D eigenvalue weighted by atomic mass is 19.4. The van der Waals surface area contributed by atoms with Gasteiger partial charge in [-0.15, -0.1) is 0 Å². The summed E-state index contributed by atoms with van der Waals surface area (Å²) in [4.78, 5) is 19.5. The van der Waals surface area contributed by atoms with E-state index in [0.717, 1.165) is 42.2 Å². The Bertz CT molecular complexity index is 1080. The molecule has 0 saturated carbocycles. The summed E-state index contributed by atoms with van der Waals surface area (Å²) in [6, 6.07) is 10.6. The molecule has 1 N–H and O–H groups in total. The predicted octanol–water partition coefficient (Wildman–Crippen LogP) is 5.54. The molecule has 5 nitrogen and oxygen atoms in total. The molecule has 0 unspecified atom stereocenters. The van der Waals surface area contributed by atoms with Gasteiger partial charge in [-0.1, -0.05) is 25.0 Å². The molecule has 3 aromatic rings. The van der Waals surface area contributed by atoms with Crippen molar-refractivity contribution in [3.05, 3.63) is 53.6 Å². The number of benzene rings is 2. The molecule has 170 valence electrons. The van der Waals surface area contributed by atoms with Crippen LogP contribution in [0.4, 0.5) is 24.8 Å². The molecule has 1 aliphatic rings. The van der Waals surface area contributed by atoms with Gasteiger partial charge in [-0.25, -0.2) is 4.98 Å². The SMILES string of the molecule is Cn1c(N2CCCCCC2)nc2ccc(NC(=O)CCc3ccc(C(F)(F)F)cc3)cc21. The van der Waals surface area contributed by atoms with E-state index in [9.17, 15) is 18.0 Å². The summed E-state index contributed by atoms with van der Waals surface area (Å²) >= 11 is 0. The maximum atomic E-state index is 12.7. The number of nitrogens with one attached hydrogen (secondary N) is 1. The van der Waals surface area contributed by atoms with E-state index in [1.807, 2.05) is 25.2 Å². The van der Waals surface area contributed by atoms with Gasteiger partial charge in [0.1, 0.15) is 0 Å². The monoisotopic (exact) mass is 444 g/mol. The van der Waals surface area contributed by atoms with Crippen LogP contribution in [0.5, 0.6) is 0 Å². The average molecular weight is 445 g/mol. The molecule has 8 heteroatoms. The van der Waals surface area contributed by atoms with E-state index in [-0.39, 0.29) is 12.3 Å². The molecular formula is C24H27F3N4O. The third-order valence-electron chi connectivity index (χ3n) is 5.95. The standard InChI is InChI=1S/C24H27F3N4O/c1-30-21-16-19(11-12-20(21)29-23(30)31-14-4-2-3-5-15-31)28-22(32)13-8-17-6-9-18(10-7-17)24(25,26)27/h6-7,9-12,16H,2-5,8,13-15H2,1H3,(H,28,32). The summed E-state index contributed by atoms with van der Waals surface area (Å²) < 4.78 is 40.1. The van der Waals surface area contributed by atoms with E-state index < -0.39 is 11.7 Å². The van der Waals surface area contributed by atoms with Crippen molar-refractivity contribution in [1.29, 1.82) is 0 Å². The number of nitrogens with zero attached hydrogens (tertiary/aromatic N) is 3. The molecule has 1 amide bonds. The zero-order valence-corrected chi connectivity index (χ0v) is 18.1. The third-order valence-corrected chi connectivity index (χ3v) is 5.95. The number of alkyl halides is 3. The third kappa shape index (κ3) is 5.06. The van der Waals surface area contributed by atoms with Crippen LogP contribution in [0.1, 0.15) is 43.2 Å². The van der Waals surface area contributed by atoms with Crippen LogP contribution in [-0.4, -0.2) is 28.5 Å². The second-order valence-corrected chi connectivity index (χ2v) is 8.32. The summed E-state index contributed by atoms with van der Waals surface area (Å²) in [6.07, 6.45) is 1.05. The van der Waals surface area contributed by atoms with Crippen LogP contribution in [0.15, 0.2) is 42.5 Å². The lowest BCUT2D eigenvalue weighted by Gasteiger charge is -2.21. The lowest BCUT2D eigenvalue weighted by molar-refractivity contribution is -0.137. The van der Waals surface area contributed by atoms with Gasteiger partial charge < -0.3 is 14.8 Å². The average Bonchev–Trinajstić information content (AvgIpc) is 2.93. The first kappa shape index (κ1) is 22.2. The van der Waals surface area contributed by atoms with Gasteiger partial charge in [0.05, 0.1) is 16.6 Å². The highest BCUT2D eigenvalue weighted by Gasteiger charge is 2.29. The van der Waals surface area contributed by atoms with Gasteiger partial charge in [-0.3, -0.25) is 4.79 Å². The molecule has 1 aromatic heterocycles. The van der Waals surface area contributed by atoms with Crippen LogP contribution in [0, 0.1) is 0 Å². The Hall–Kier alpha value is -3.03. The second-order valence-electron chi connectivity index (χ2n) is 8.32. The van der Waals surface area contributed by atoms with Crippen LogP contribution in [0.2, 0.25) is 0 Å². The number of halogens is 3. The molecular weight excluding hydrogens is 417 g/mol. The van der Waals surface area contributed by atoms with Crippen molar-refractivity contribution in [2.45, 2.75) is 44.7 Å². The normalized spacial score (nSPS) is 15.1. The topological polar surface area (TPSA) is 50.2 Å². The van der Waals surface area contributed by atoms with Crippen molar-refractivity contribution in [1.82, 2.24) is 9.55 Å². The lowest BCUT2D eigenvalue weighted by Crippen LogP contribution is -2.26. The van der Waals surface area contributed by atoms with Crippen molar-refractivity contribution in [3.63, 3.8) is 0 Å². The van der Waals surface area contributed by atoms with Gasteiger partial charge >= 0.3 is 6.18 Å². The molecule has 0 atom stereocenters. The predicted molar refractivity (Wildman–Crippen MR) is 120 cm³/mol. The molecule has 1 aliphatic heterocycles. The van der Waals surface area contributed by atoms with Gasteiger partial charge in [-0.2, -0.15) is 13.2 Å². The van der Waals surface area contributed by atoms with Crippen LogP contribution in [-0.2, 0) is 24.4 Å². The van der Waals surface area contributed by atoms with Crippen molar-refractivity contribution >= 4 is 28.6 Å². The summed E-state index contributed by atoms with van der Waals surface area (Å²) in [5.74, 6) is 0.770. The number of fused-ring (bicyclic) bond motifs is 1. The molecule has 0 aliphatic carbocycles. The van der Waals surface area contributed by atoms with Crippen LogP contribution in [0.25, 0.3) is 11.0 Å². The number of anilines is 2. The van der Waals surface area contributed by atoms with Crippen molar-refractivity contribution in [3.8, 4) is 0 Å². The molecule has 0 spiro atoms. The first-order valence-electron chi connectivity index (χ1n) is 11.0. The second kappa shape index (κ2) is 9.22. The Balaban J connectivity index is 1.40. The quantitative estimate of drug-likeness (QED) is 0.562. The van der Waals surface area contributed by atoms with E-state index >= 15 is 0 Å². The summed E-state index contributed by atoms with van der Waals surface area (Å²) in [5.41, 5.74) is 2.52. The van der Waals surface area contributed by atoms with Gasteiger partial charge in [0.15, 0.2) is 0 Å². The summed E-state index contributed by atoms with van der Waals surface area (Å²) in [7, 11) is 1.99. The Morgan fingerprint density at radius 1 is 1.03 bits per heavy atom. The molecule has 1 fully saturated rings. The maximum absolute atomic E-state index is 12.7. The van der Waals surface area contributed by atoms with Crippen molar-refractivity contribution < 1.29 is 18.0 Å². The fourth-order valence-electron chi connectivity index (χ4n) is 4.15. The van der Waals surface area contributed by atoms with Crippen molar-refractivity contribution in [2.24, 2.45) is 7.05 Å². The van der Waals surface area contributed by atoms with E-state index in [0.29, 0.717) is 17.7 Å². The van der Waals surface area contributed by atoms with Gasteiger partial charge in [-0.05, 0) is 55.2 Å². The van der Waals surface area contributed by atoms with Gasteiger partial charge in [0, 0.05) is 32.2 Å². The maximum Gasteiger partial charge on any atom is 0.416 e. The molecule has 0 bridgehead atoms. The molecule has 1 saturated heterocycles. The number of aromatic nitrogens is 2. The Morgan fingerprint density at radius 3 is 2.38 bits per heavy atom. The Kier molecular flexibility index (Phi) is 6.39. The summed E-state index contributed by atoms with van der Waals surface area (Å²) in [5, 5.41) is 2.89. The molecule has 4 rings (SSSR count). The first-order valence-corrected chi connectivity index (χ1v) is 11.0. The minimum Gasteiger partial charge on any atom is -0.342 e. The molecule has 2 heterocycles. The highest BCUT2D eigenvalue weighted by molar-refractivity contribution is 5.93.